The van der Waals surface area contributed by atoms with Gasteiger partial charge in [0.15, 0.2) is 0 Å². The molecule has 1 saturated carbocycles. The Morgan fingerprint density at radius 1 is 0.492 bits per heavy atom. The quantitative estimate of drug-likeness (QED) is 0.101. The standard InChI is InChI=1S/C59H62N2/c1-5-7-19-43-59(6-2,46-33-39-50(40-34-46)60(48-23-13-9-14-24-48)49-25-15-10-16-26-49)47-35-41-52(42-36-47)61(51-37-31-45(32-38-51)44-21-11-8-12-22-44)56-30-20-29-55-57(56)53-27-17-18-28-54(53)58(55,3)4/h9-10,13-18,20,23-42,44H,5-8,11-12,19,21-22,43H2,1-4H3. The maximum Gasteiger partial charge on any atom is 0.0543 e. The van der Waals surface area contributed by atoms with Gasteiger partial charge in [0.2, 0.25) is 0 Å². The molecule has 2 heteroatoms. The lowest BCUT2D eigenvalue weighted by Crippen LogP contribution is -2.27. The van der Waals surface area contributed by atoms with E-state index in [1.165, 1.54) is 113 Å². The van der Waals surface area contributed by atoms with Gasteiger partial charge in [-0.25, -0.2) is 0 Å². The van der Waals surface area contributed by atoms with Gasteiger partial charge >= 0.3 is 0 Å². The third-order valence-electron chi connectivity index (χ3n) is 14.2. The molecule has 308 valence electrons. The number of anilines is 6. The molecule has 2 nitrogen and oxygen atoms in total. The number of nitrogens with zero attached hydrogens (tertiary/aromatic N) is 2. The number of fused-ring (bicyclic) bond motifs is 3. The van der Waals surface area contributed by atoms with Gasteiger partial charge in [0.05, 0.1) is 5.69 Å². The first kappa shape index (κ1) is 40.5. The fraction of sp³-hybridized carbons (Fsp3) is 0.288. The van der Waals surface area contributed by atoms with Crippen molar-refractivity contribution in [3.8, 4) is 11.1 Å². The normalized spacial score (nSPS) is 15.4. The Hall–Kier alpha value is -5.86. The van der Waals surface area contributed by atoms with E-state index in [1.54, 1.807) is 0 Å². The third kappa shape index (κ3) is 7.71. The van der Waals surface area contributed by atoms with Gasteiger partial charge < -0.3 is 9.80 Å². The Morgan fingerprint density at radius 2 is 1.00 bits per heavy atom. The van der Waals surface area contributed by atoms with Crippen molar-refractivity contribution in [1.82, 2.24) is 0 Å². The average Bonchev–Trinajstić information content (AvgIpc) is 3.56. The van der Waals surface area contributed by atoms with Gasteiger partial charge in [0.25, 0.3) is 0 Å². The summed E-state index contributed by atoms with van der Waals surface area (Å²) in [7, 11) is 0. The second kappa shape index (κ2) is 17.6. The summed E-state index contributed by atoms with van der Waals surface area (Å²) in [5, 5.41) is 0. The van der Waals surface area contributed by atoms with Crippen LogP contribution < -0.4 is 9.80 Å². The first-order chi connectivity index (χ1) is 29.9. The minimum absolute atomic E-state index is 0.0731. The first-order valence-electron chi connectivity index (χ1n) is 23.2. The highest BCUT2D eigenvalue weighted by atomic mass is 15.1. The van der Waals surface area contributed by atoms with Crippen LogP contribution in [0.5, 0.6) is 0 Å². The van der Waals surface area contributed by atoms with Crippen molar-refractivity contribution in [2.45, 2.75) is 109 Å². The van der Waals surface area contributed by atoms with Crippen molar-refractivity contribution in [2.24, 2.45) is 0 Å². The molecule has 61 heavy (non-hydrogen) atoms. The molecular formula is C59H62N2. The lowest BCUT2D eigenvalue weighted by atomic mass is 9.69. The van der Waals surface area contributed by atoms with Gasteiger partial charge in [-0.3, -0.25) is 0 Å². The fourth-order valence-corrected chi connectivity index (χ4v) is 10.9. The molecule has 0 amide bonds. The van der Waals surface area contributed by atoms with Crippen molar-refractivity contribution in [1.29, 1.82) is 0 Å². The molecule has 0 bridgehead atoms. The number of unbranched alkanes of at least 4 members (excludes halogenated alkanes) is 2. The zero-order chi connectivity index (χ0) is 41.8. The van der Waals surface area contributed by atoms with Crippen molar-refractivity contribution in [3.63, 3.8) is 0 Å². The molecule has 0 heterocycles. The minimum Gasteiger partial charge on any atom is -0.311 e. The van der Waals surface area contributed by atoms with Crippen LogP contribution in [0, 0.1) is 0 Å². The van der Waals surface area contributed by atoms with E-state index in [0.717, 1.165) is 24.2 Å². The molecule has 0 spiro atoms. The Labute approximate surface area is 365 Å². The number of hydrogen-bond donors (Lipinski definition) is 0. The van der Waals surface area contributed by atoms with Crippen LogP contribution in [0.4, 0.5) is 34.1 Å². The molecule has 2 aliphatic rings. The highest BCUT2D eigenvalue weighted by Gasteiger charge is 2.38. The highest BCUT2D eigenvalue weighted by molar-refractivity contribution is 5.95. The number of rotatable bonds is 14. The van der Waals surface area contributed by atoms with Crippen molar-refractivity contribution < 1.29 is 0 Å². The molecule has 9 rings (SSSR count). The SMILES string of the molecule is CCCCCC(CC)(c1ccc(N(c2ccccc2)c2ccccc2)cc1)c1ccc(N(c2ccc(C3CCCCC3)cc2)c2cccc3c2-c2ccccc2C3(C)C)cc1. The molecule has 0 aliphatic heterocycles. The molecule has 2 aliphatic carbocycles. The molecule has 0 radical (unpaired) electrons. The van der Waals surface area contributed by atoms with E-state index >= 15 is 0 Å². The summed E-state index contributed by atoms with van der Waals surface area (Å²) in [6.07, 6.45) is 12.4. The first-order valence-corrected chi connectivity index (χ1v) is 23.2. The topological polar surface area (TPSA) is 6.48 Å². The number of benzene rings is 7. The van der Waals surface area contributed by atoms with E-state index in [2.05, 4.69) is 213 Å². The summed E-state index contributed by atoms with van der Waals surface area (Å²) in [5.74, 6) is 0.674. The summed E-state index contributed by atoms with van der Waals surface area (Å²) < 4.78 is 0. The van der Waals surface area contributed by atoms with Crippen molar-refractivity contribution >= 4 is 34.1 Å². The molecular weight excluding hydrogens is 737 g/mol. The predicted octanol–water partition coefficient (Wildman–Crippen LogP) is 17.3. The van der Waals surface area contributed by atoms with Crippen LogP contribution in [0.15, 0.2) is 176 Å². The molecule has 1 unspecified atom stereocenters. The molecule has 7 aromatic carbocycles. The monoisotopic (exact) mass is 798 g/mol. The van der Waals surface area contributed by atoms with Gasteiger partial charge in [-0.05, 0) is 132 Å². The molecule has 1 fully saturated rings. The smallest absolute Gasteiger partial charge is 0.0543 e. The van der Waals surface area contributed by atoms with Crippen LogP contribution in [-0.2, 0) is 10.8 Å². The summed E-state index contributed by atoms with van der Waals surface area (Å²) >= 11 is 0. The van der Waals surface area contributed by atoms with Gasteiger partial charge in [-0.2, -0.15) is 0 Å². The number of hydrogen-bond acceptors (Lipinski definition) is 2. The van der Waals surface area contributed by atoms with Crippen LogP contribution in [0.25, 0.3) is 11.1 Å². The van der Waals surface area contributed by atoms with Crippen LogP contribution in [0.1, 0.15) is 126 Å². The average molecular weight is 799 g/mol. The van der Waals surface area contributed by atoms with Crippen LogP contribution in [0.3, 0.4) is 0 Å². The molecule has 0 saturated heterocycles. The van der Waals surface area contributed by atoms with Crippen LogP contribution >= 0.6 is 0 Å². The Kier molecular flexibility index (Phi) is 11.7. The van der Waals surface area contributed by atoms with E-state index < -0.39 is 0 Å². The summed E-state index contributed by atoms with van der Waals surface area (Å²) in [4.78, 5) is 4.89. The zero-order valence-electron chi connectivity index (χ0n) is 36.8. The summed E-state index contributed by atoms with van der Waals surface area (Å²) in [5.41, 5.74) is 16.7. The van der Waals surface area contributed by atoms with E-state index in [4.69, 9.17) is 0 Å². The largest absolute Gasteiger partial charge is 0.311 e. The Bertz CT molecular complexity index is 2470. The second-order valence-electron chi connectivity index (χ2n) is 18.1. The zero-order valence-corrected chi connectivity index (χ0v) is 36.8. The molecule has 0 aromatic heterocycles. The van der Waals surface area contributed by atoms with Gasteiger partial charge in [0.1, 0.15) is 0 Å². The maximum atomic E-state index is 2.53. The maximum absolute atomic E-state index is 2.53. The lowest BCUT2D eigenvalue weighted by Gasteiger charge is -2.36. The fourth-order valence-electron chi connectivity index (χ4n) is 10.9. The molecule has 7 aromatic rings. The summed E-state index contributed by atoms with van der Waals surface area (Å²) in [6, 6.07) is 66.3. The summed E-state index contributed by atoms with van der Waals surface area (Å²) in [6.45, 7) is 9.47. The predicted molar refractivity (Wildman–Crippen MR) is 261 cm³/mol. The van der Waals surface area contributed by atoms with Crippen LogP contribution in [-0.4, -0.2) is 0 Å². The van der Waals surface area contributed by atoms with E-state index in [9.17, 15) is 0 Å². The molecule has 1 atom stereocenters. The lowest BCUT2D eigenvalue weighted by molar-refractivity contribution is 0.431. The van der Waals surface area contributed by atoms with Gasteiger partial charge in [-0.15, -0.1) is 0 Å². The van der Waals surface area contributed by atoms with E-state index in [-0.39, 0.29) is 10.8 Å². The van der Waals surface area contributed by atoms with Gasteiger partial charge in [-0.1, -0.05) is 175 Å². The van der Waals surface area contributed by atoms with Crippen molar-refractivity contribution in [2.75, 3.05) is 9.80 Å². The Morgan fingerprint density at radius 3 is 1.57 bits per heavy atom. The van der Waals surface area contributed by atoms with E-state index in [0.29, 0.717) is 5.92 Å². The number of para-hydroxylation sites is 2. The van der Waals surface area contributed by atoms with Crippen molar-refractivity contribution in [3.05, 3.63) is 204 Å². The van der Waals surface area contributed by atoms with E-state index in [1.807, 2.05) is 0 Å². The second-order valence-corrected chi connectivity index (χ2v) is 18.1. The highest BCUT2D eigenvalue weighted by Crippen LogP contribution is 2.54. The van der Waals surface area contributed by atoms with Gasteiger partial charge in [0, 0.05) is 44.8 Å². The third-order valence-corrected chi connectivity index (χ3v) is 14.2. The van der Waals surface area contributed by atoms with Crippen LogP contribution in [0.2, 0.25) is 0 Å². The Balaban J connectivity index is 1.13. The molecule has 0 N–H and O–H groups in total. The minimum atomic E-state index is -0.111.